The number of halogens is 2. The average Bonchev–Trinajstić information content (AvgIpc) is 2.96. The molecule has 3 aromatic carbocycles. The molecule has 0 bridgehead atoms. The Bertz CT molecular complexity index is 1500. The van der Waals surface area contributed by atoms with Crippen molar-refractivity contribution in [3.05, 3.63) is 87.4 Å². The Morgan fingerprint density at radius 3 is 2.29 bits per heavy atom. The van der Waals surface area contributed by atoms with Crippen molar-refractivity contribution in [3.8, 4) is 5.75 Å². The number of carbonyl (C=O) groups excluding carboxylic acids is 2. The molecule has 1 heterocycles. The quantitative estimate of drug-likeness (QED) is 0.291. The molecule has 1 amide bonds. The number of hydrogen-bond acceptors (Lipinski definition) is 6. The first-order chi connectivity index (χ1) is 19.6. The van der Waals surface area contributed by atoms with Crippen molar-refractivity contribution in [1.82, 2.24) is 4.90 Å². The normalized spacial score (nSPS) is 14.0. The van der Waals surface area contributed by atoms with Gasteiger partial charge in [0.15, 0.2) is 0 Å². The first kappa shape index (κ1) is 30.7. The molecule has 0 unspecified atom stereocenters. The van der Waals surface area contributed by atoms with Gasteiger partial charge in [-0.3, -0.25) is 14.3 Å². The van der Waals surface area contributed by atoms with Crippen molar-refractivity contribution < 1.29 is 27.5 Å². The van der Waals surface area contributed by atoms with Crippen molar-refractivity contribution in [3.63, 3.8) is 0 Å². The molecule has 1 fully saturated rings. The average molecular weight is 620 g/mol. The molecular formula is C30H32Cl2N2O6S. The van der Waals surface area contributed by atoms with Crippen molar-refractivity contribution in [2.24, 2.45) is 5.92 Å². The molecule has 41 heavy (non-hydrogen) atoms. The van der Waals surface area contributed by atoms with Gasteiger partial charge in [-0.15, -0.1) is 0 Å². The number of methoxy groups -OCH3 is 1. The molecule has 3 aromatic rings. The van der Waals surface area contributed by atoms with E-state index in [1.165, 1.54) is 13.2 Å². The summed E-state index contributed by atoms with van der Waals surface area (Å²) >= 11 is 12.2. The second-order valence-electron chi connectivity index (χ2n) is 9.76. The van der Waals surface area contributed by atoms with Gasteiger partial charge in [-0.25, -0.2) is 8.42 Å². The number of hydrogen-bond donors (Lipinski definition) is 1. The number of para-hydroxylation sites is 1. The smallest absolute Gasteiger partial charge is 0.309 e. The number of ether oxygens (including phenoxy) is 2. The minimum Gasteiger partial charge on any atom is -0.495 e. The lowest BCUT2D eigenvalue weighted by Gasteiger charge is -2.31. The highest BCUT2D eigenvalue weighted by atomic mass is 35.5. The molecule has 0 radical (unpaired) electrons. The predicted octanol–water partition coefficient (Wildman–Crippen LogP) is 5.74. The largest absolute Gasteiger partial charge is 0.495 e. The lowest BCUT2D eigenvalue weighted by Crippen LogP contribution is -2.41. The van der Waals surface area contributed by atoms with E-state index < -0.39 is 10.0 Å². The van der Waals surface area contributed by atoms with Crippen molar-refractivity contribution in [2.45, 2.75) is 37.5 Å². The SMILES string of the molecule is CCOC(=O)C1CCN(C(=O)Cc2ccc(NS(=O)(=O)c3cccc(Cc4ccc(Cl)c(Cl)c4)c3OC)cc2)CC1. The minimum atomic E-state index is -3.99. The van der Waals surface area contributed by atoms with Crippen LogP contribution < -0.4 is 9.46 Å². The van der Waals surface area contributed by atoms with Crippen LogP contribution in [-0.2, 0) is 37.2 Å². The van der Waals surface area contributed by atoms with Crippen LogP contribution in [0.4, 0.5) is 5.69 Å². The van der Waals surface area contributed by atoms with E-state index in [2.05, 4.69) is 4.72 Å². The molecule has 1 aliphatic rings. The van der Waals surface area contributed by atoms with Gasteiger partial charge < -0.3 is 14.4 Å². The second kappa shape index (κ2) is 13.6. The zero-order chi connectivity index (χ0) is 29.6. The van der Waals surface area contributed by atoms with Gasteiger partial charge >= 0.3 is 5.97 Å². The lowest BCUT2D eigenvalue weighted by atomic mass is 9.96. The van der Waals surface area contributed by atoms with Gasteiger partial charge in [0.2, 0.25) is 5.91 Å². The molecule has 4 rings (SSSR count). The Morgan fingerprint density at radius 2 is 1.66 bits per heavy atom. The molecule has 0 aromatic heterocycles. The molecule has 11 heteroatoms. The van der Waals surface area contributed by atoms with E-state index in [0.29, 0.717) is 60.3 Å². The number of carbonyl (C=O) groups is 2. The summed E-state index contributed by atoms with van der Waals surface area (Å²) in [6.45, 7) is 3.14. The Morgan fingerprint density at radius 1 is 0.976 bits per heavy atom. The van der Waals surface area contributed by atoms with Crippen molar-refractivity contribution in [1.29, 1.82) is 0 Å². The van der Waals surface area contributed by atoms with E-state index in [1.54, 1.807) is 60.4 Å². The number of piperidine rings is 1. The van der Waals surface area contributed by atoms with Gasteiger partial charge in [-0.2, -0.15) is 0 Å². The van der Waals surface area contributed by atoms with Crippen LogP contribution in [0.25, 0.3) is 0 Å². The summed E-state index contributed by atoms with van der Waals surface area (Å²) in [6, 6.07) is 16.9. The minimum absolute atomic E-state index is 0.00281. The van der Waals surface area contributed by atoms with Crippen LogP contribution in [0.3, 0.4) is 0 Å². The van der Waals surface area contributed by atoms with Gasteiger partial charge in [-0.1, -0.05) is 53.5 Å². The summed E-state index contributed by atoms with van der Waals surface area (Å²) in [5.41, 5.74) is 2.64. The molecule has 8 nitrogen and oxygen atoms in total. The Labute approximate surface area is 250 Å². The van der Waals surface area contributed by atoms with Crippen LogP contribution >= 0.6 is 23.2 Å². The van der Waals surface area contributed by atoms with Crippen molar-refractivity contribution >= 4 is 50.8 Å². The van der Waals surface area contributed by atoms with Crippen LogP contribution in [0.1, 0.15) is 36.5 Å². The van der Waals surface area contributed by atoms with E-state index in [4.69, 9.17) is 32.7 Å². The molecule has 0 saturated carbocycles. The molecule has 218 valence electrons. The fourth-order valence-electron chi connectivity index (χ4n) is 4.83. The van der Waals surface area contributed by atoms with E-state index in [1.807, 2.05) is 6.07 Å². The summed E-state index contributed by atoms with van der Waals surface area (Å²) in [4.78, 5) is 26.5. The van der Waals surface area contributed by atoms with Gasteiger partial charge in [0.05, 0.1) is 36.1 Å². The standard InChI is InChI=1S/C30H32Cl2N2O6S/c1-3-40-30(36)22-13-15-34(16-14-22)28(35)19-20-7-10-24(11-8-20)33-41(37,38)27-6-4-5-23(29(27)39-2)17-21-9-12-25(31)26(32)18-21/h4-12,18,22,33H,3,13-17,19H2,1-2H3. The van der Waals surface area contributed by atoms with Crippen LogP contribution in [0, 0.1) is 5.92 Å². The number of amides is 1. The van der Waals surface area contributed by atoms with E-state index in [-0.39, 0.29) is 34.9 Å². The summed E-state index contributed by atoms with van der Waals surface area (Å²) in [5.74, 6) is -0.167. The fraction of sp³-hybridized carbons (Fsp3) is 0.333. The molecule has 0 atom stereocenters. The highest BCUT2D eigenvalue weighted by Crippen LogP contribution is 2.32. The number of benzene rings is 3. The number of esters is 1. The van der Waals surface area contributed by atoms with Crippen LogP contribution in [0.15, 0.2) is 65.6 Å². The Kier molecular flexibility index (Phi) is 10.2. The first-order valence-corrected chi connectivity index (χ1v) is 15.5. The molecule has 1 saturated heterocycles. The second-order valence-corrected chi connectivity index (χ2v) is 12.2. The first-order valence-electron chi connectivity index (χ1n) is 13.3. The lowest BCUT2D eigenvalue weighted by molar-refractivity contribution is -0.151. The maximum atomic E-state index is 13.3. The van der Waals surface area contributed by atoms with Crippen molar-refractivity contribution in [2.75, 3.05) is 31.5 Å². The maximum absolute atomic E-state index is 13.3. The molecule has 0 spiro atoms. The number of rotatable bonds is 10. The number of nitrogens with zero attached hydrogens (tertiary/aromatic N) is 1. The predicted molar refractivity (Wildman–Crippen MR) is 159 cm³/mol. The third-order valence-corrected chi connectivity index (χ3v) is 9.11. The van der Waals surface area contributed by atoms with Gasteiger partial charge in [0.1, 0.15) is 10.6 Å². The number of likely N-dealkylation sites (tertiary alicyclic amines) is 1. The Hall–Kier alpha value is -3.27. The van der Waals surface area contributed by atoms with Gasteiger partial charge in [0, 0.05) is 25.2 Å². The van der Waals surface area contributed by atoms with Crippen LogP contribution in [0.5, 0.6) is 5.75 Å². The molecule has 1 N–H and O–H groups in total. The number of sulfonamides is 1. The monoisotopic (exact) mass is 618 g/mol. The summed E-state index contributed by atoms with van der Waals surface area (Å²) in [5, 5.41) is 0.853. The fourth-order valence-corrected chi connectivity index (χ4v) is 6.42. The Balaban J connectivity index is 1.40. The molecule has 1 aliphatic heterocycles. The van der Waals surface area contributed by atoms with Crippen LogP contribution in [-0.4, -0.2) is 52.0 Å². The third-order valence-electron chi connectivity index (χ3n) is 6.96. The summed E-state index contributed by atoms with van der Waals surface area (Å²) < 4.78 is 39.9. The summed E-state index contributed by atoms with van der Waals surface area (Å²) in [6.07, 6.45) is 1.75. The maximum Gasteiger partial charge on any atom is 0.309 e. The topological polar surface area (TPSA) is 102 Å². The van der Waals surface area contributed by atoms with E-state index in [9.17, 15) is 18.0 Å². The highest BCUT2D eigenvalue weighted by Gasteiger charge is 2.28. The van der Waals surface area contributed by atoms with Crippen LogP contribution in [0.2, 0.25) is 10.0 Å². The zero-order valence-electron chi connectivity index (χ0n) is 22.9. The van der Waals surface area contributed by atoms with E-state index in [0.717, 1.165) is 11.1 Å². The highest BCUT2D eigenvalue weighted by molar-refractivity contribution is 7.92. The summed E-state index contributed by atoms with van der Waals surface area (Å²) in [7, 11) is -2.56. The van der Waals surface area contributed by atoms with Gasteiger partial charge in [0.25, 0.3) is 10.0 Å². The number of anilines is 1. The molecular weight excluding hydrogens is 587 g/mol. The van der Waals surface area contributed by atoms with Gasteiger partial charge in [-0.05, 0) is 66.8 Å². The molecule has 0 aliphatic carbocycles. The third kappa shape index (κ3) is 7.72. The number of nitrogens with one attached hydrogen (secondary N) is 1. The zero-order valence-corrected chi connectivity index (χ0v) is 25.2. The van der Waals surface area contributed by atoms with E-state index >= 15 is 0 Å².